The molecule has 1 unspecified atom stereocenters. The number of anilines is 1. The molecule has 8 heteroatoms. The Hall–Kier alpha value is -2.00. The molecule has 1 aromatic carbocycles. The van der Waals surface area contributed by atoms with Gasteiger partial charge in [0.15, 0.2) is 5.13 Å². The molecule has 6 nitrogen and oxygen atoms in total. The summed E-state index contributed by atoms with van der Waals surface area (Å²) < 4.78 is 29.2. The number of nitrogens with two attached hydrogens (primary N) is 1. The molecule has 3 aliphatic rings. The zero-order valence-corrected chi connectivity index (χ0v) is 24.2. The molecule has 1 fully saturated rings. The fourth-order valence-electron chi connectivity index (χ4n) is 6.40. The lowest BCUT2D eigenvalue weighted by atomic mass is 9.84. The maximum Gasteiger partial charge on any atom is 0.236 e. The summed E-state index contributed by atoms with van der Waals surface area (Å²) in [6.07, 6.45) is 14.8. The summed E-state index contributed by atoms with van der Waals surface area (Å²) >= 11 is 1.67. The van der Waals surface area contributed by atoms with E-state index in [-0.39, 0.29) is 6.04 Å². The molecule has 206 valence electrons. The summed E-state index contributed by atoms with van der Waals surface area (Å²) in [6.45, 7) is 4.54. The number of hydrogen-bond acceptors (Lipinski definition) is 6. The normalized spacial score (nSPS) is 24.1. The standard InChI is InChI=1S/C30H42N4O2S2/c1-2-19-34(26-14-17-28-29(21-26)37-30(31)32-28)20-18-22-8-12-25(13-9-22)33-38(35,36)27-15-10-24(11-16-27)23-6-4-3-5-7-23/h3-7,10,15,22,25-26,33H,2,8-9,11-14,16-21H2,1H3,(H2,31,32). The van der Waals surface area contributed by atoms with Gasteiger partial charge in [0, 0.05) is 17.0 Å². The number of fused-ring (bicyclic) bond motifs is 1. The minimum absolute atomic E-state index is 0.0527. The van der Waals surface area contributed by atoms with Crippen molar-refractivity contribution in [1.29, 1.82) is 0 Å². The lowest BCUT2D eigenvalue weighted by Gasteiger charge is -2.36. The Bertz CT molecular complexity index is 1240. The van der Waals surface area contributed by atoms with E-state index in [2.05, 4.69) is 33.7 Å². The van der Waals surface area contributed by atoms with Crippen molar-refractivity contribution in [3.63, 3.8) is 0 Å². The van der Waals surface area contributed by atoms with E-state index < -0.39 is 10.0 Å². The second-order valence-corrected chi connectivity index (χ2v) is 14.1. The highest BCUT2D eigenvalue weighted by molar-refractivity contribution is 7.93. The first-order valence-electron chi connectivity index (χ1n) is 14.4. The van der Waals surface area contributed by atoms with Gasteiger partial charge in [-0.3, -0.25) is 0 Å². The summed E-state index contributed by atoms with van der Waals surface area (Å²) in [4.78, 5) is 9.11. The van der Waals surface area contributed by atoms with Crippen LogP contribution in [0.3, 0.4) is 0 Å². The topological polar surface area (TPSA) is 88.3 Å². The lowest BCUT2D eigenvalue weighted by molar-refractivity contribution is 0.158. The van der Waals surface area contributed by atoms with Gasteiger partial charge in [-0.15, -0.1) is 11.3 Å². The van der Waals surface area contributed by atoms with Crippen molar-refractivity contribution < 1.29 is 8.42 Å². The first-order valence-corrected chi connectivity index (χ1v) is 16.7. The molecule has 3 N–H and O–H groups in total. The van der Waals surface area contributed by atoms with Crippen molar-refractivity contribution in [1.82, 2.24) is 14.6 Å². The van der Waals surface area contributed by atoms with Crippen molar-refractivity contribution in [3.05, 3.63) is 63.5 Å². The lowest BCUT2D eigenvalue weighted by Crippen LogP contribution is -2.41. The predicted molar refractivity (Wildman–Crippen MR) is 158 cm³/mol. The minimum atomic E-state index is -3.43. The number of rotatable bonds is 10. The molecule has 3 aliphatic carbocycles. The molecular weight excluding hydrogens is 512 g/mol. The van der Waals surface area contributed by atoms with Crippen molar-refractivity contribution in [3.8, 4) is 0 Å². The molecule has 0 saturated heterocycles. The smallest absolute Gasteiger partial charge is 0.236 e. The minimum Gasteiger partial charge on any atom is -0.375 e. The van der Waals surface area contributed by atoms with Crippen LogP contribution in [0.15, 0.2) is 47.4 Å². The molecule has 2 aromatic rings. The number of aromatic nitrogens is 1. The van der Waals surface area contributed by atoms with Crippen LogP contribution in [0.5, 0.6) is 0 Å². The molecule has 0 amide bonds. The molecule has 1 atom stereocenters. The molecule has 0 spiro atoms. The van der Waals surface area contributed by atoms with E-state index in [9.17, 15) is 8.42 Å². The van der Waals surface area contributed by atoms with Crippen LogP contribution < -0.4 is 10.5 Å². The van der Waals surface area contributed by atoms with E-state index in [1.807, 2.05) is 24.3 Å². The zero-order valence-electron chi connectivity index (χ0n) is 22.6. The first-order chi connectivity index (χ1) is 18.4. The number of allylic oxidation sites excluding steroid dienone is 4. The van der Waals surface area contributed by atoms with Gasteiger partial charge >= 0.3 is 0 Å². The van der Waals surface area contributed by atoms with Gasteiger partial charge in [-0.2, -0.15) is 0 Å². The molecule has 1 aromatic heterocycles. The van der Waals surface area contributed by atoms with Crippen LogP contribution >= 0.6 is 11.3 Å². The molecule has 5 rings (SSSR count). The summed E-state index contributed by atoms with van der Waals surface area (Å²) in [5, 5.41) is 0.707. The van der Waals surface area contributed by atoms with Crippen molar-refractivity contribution >= 4 is 32.1 Å². The molecular formula is C30H42N4O2S2. The Morgan fingerprint density at radius 3 is 2.53 bits per heavy atom. The van der Waals surface area contributed by atoms with Gasteiger partial charge in [0.25, 0.3) is 0 Å². The van der Waals surface area contributed by atoms with Crippen LogP contribution in [0.25, 0.3) is 5.57 Å². The van der Waals surface area contributed by atoms with Gasteiger partial charge in [0.1, 0.15) is 0 Å². The first kappa shape index (κ1) is 27.6. The molecule has 1 saturated carbocycles. The monoisotopic (exact) mass is 554 g/mol. The maximum absolute atomic E-state index is 13.1. The van der Waals surface area contributed by atoms with E-state index in [1.165, 1.54) is 41.0 Å². The predicted octanol–water partition coefficient (Wildman–Crippen LogP) is 5.92. The fourth-order valence-corrected chi connectivity index (χ4v) is 8.79. The Morgan fingerprint density at radius 1 is 1.03 bits per heavy atom. The van der Waals surface area contributed by atoms with Crippen LogP contribution in [0.1, 0.15) is 80.8 Å². The molecule has 1 heterocycles. The highest BCUT2D eigenvalue weighted by Crippen LogP contribution is 2.33. The van der Waals surface area contributed by atoms with Gasteiger partial charge in [-0.25, -0.2) is 18.1 Å². The molecule has 0 aliphatic heterocycles. The van der Waals surface area contributed by atoms with Crippen molar-refractivity contribution in [2.45, 2.75) is 89.6 Å². The third-order valence-electron chi connectivity index (χ3n) is 8.55. The fraction of sp³-hybridized carbons (Fsp3) is 0.567. The van der Waals surface area contributed by atoms with Crippen molar-refractivity contribution in [2.75, 3.05) is 18.8 Å². The second kappa shape index (κ2) is 12.5. The second-order valence-electron chi connectivity index (χ2n) is 11.2. The molecule has 0 radical (unpaired) electrons. The average Bonchev–Trinajstić information content (AvgIpc) is 3.31. The molecule has 38 heavy (non-hydrogen) atoms. The van der Waals surface area contributed by atoms with E-state index in [0.717, 1.165) is 58.0 Å². The number of sulfonamides is 1. The quantitative estimate of drug-likeness (QED) is 0.380. The van der Waals surface area contributed by atoms with Crippen LogP contribution in [-0.2, 0) is 22.9 Å². The van der Waals surface area contributed by atoms with Gasteiger partial charge in [-0.05, 0) is 107 Å². The highest BCUT2D eigenvalue weighted by atomic mass is 32.2. The molecule has 0 bridgehead atoms. The maximum atomic E-state index is 13.1. The van der Waals surface area contributed by atoms with Gasteiger partial charge < -0.3 is 10.6 Å². The largest absolute Gasteiger partial charge is 0.375 e. The number of thiazole rings is 1. The van der Waals surface area contributed by atoms with E-state index in [1.54, 1.807) is 17.4 Å². The van der Waals surface area contributed by atoms with E-state index >= 15 is 0 Å². The van der Waals surface area contributed by atoms with Crippen LogP contribution in [0.2, 0.25) is 0 Å². The van der Waals surface area contributed by atoms with E-state index in [4.69, 9.17) is 5.73 Å². The Balaban J connectivity index is 1.09. The summed E-state index contributed by atoms with van der Waals surface area (Å²) in [6, 6.07) is 10.9. The summed E-state index contributed by atoms with van der Waals surface area (Å²) in [5.41, 5.74) is 9.55. The highest BCUT2D eigenvalue weighted by Gasteiger charge is 2.30. The number of benzene rings is 1. The van der Waals surface area contributed by atoms with Crippen LogP contribution in [-0.4, -0.2) is 43.5 Å². The van der Waals surface area contributed by atoms with Gasteiger partial charge in [0.2, 0.25) is 10.0 Å². The van der Waals surface area contributed by atoms with Gasteiger partial charge in [0.05, 0.1) is 10.6 Å². The number of nitrogens with one attached hydrogen (secondary N) is 1. The average molecular weight is 555 g/mol. The number of nitrogens with zero attached hydrogens (tertiary/aromatic N) is 2. The zero-order chi connectivity index (χ0) is 26.5. The van der Waals surface area contributed by atoms with Crippen molar-refractivity contribution in [2.24, 2.45) is 5.92 Å². The number of nitrogen functional groups attached to an aromatic ring is 1. The Labute approximate surface area is 232 Å². The number of hydrogen-bond donors (Lipinski definition) is 2. The van der Waals surface area contributed by atoms with Crippen LogP contribution in [0.4, 0.5) is 5.13 Å². The third-order valence-corrected chi connectivity index (χ3v) is 11.2. The Morgan fingerprint density at radius 2 is 1.82 bits per heavy atom. The summed E-state index contributed by atoms with van der Waals surface area (Å²) in [5.74, 6) is 0.679. The summed E-state index contributed by atoms with van der Waals surface area (Å²) in [7, 11) is -3.43. The third kappa shape index (κ3) is 6.76. The van der Waals surface area contributed by atoms with Gasteiger partial charge in [-0.1, -0.05) is 43.3 Å². The van der Waals surface area contributed by atoms with E-state index in [0.29, 0.717) is 28.4 Å². The van der Waals surface area contributed by atoms with Crippen LogP contribution in [0, 0.1) is 5.92 Å². The number of aryl methyl sites for hydroxylation is 1. The SMILES string of the molecule is CCCN(CCC1CCC(NS(=O)(=O)C2=CC=C(c3ccccc3)CC2)CC1)C1CCc2nc(N)sc2C1. The Kier molecular flexibility index (Phi) is 9.03.